The molecule has 1 aromatic carbocycles. The topological polar surface area (TPSA) is 59.9 Å². The van der Waals surface area contributed by atoms with Gasteiger partial charge in [-0.05, 0) is 13.0 Å². The molecule has 3 aromatic rings. The molecule has 3 rings (SSSR count). The van der Waals surface area contributed by atoms with Crippen LogP contribution in [0.4, 0.5) is 18.3 Å². The third-order valence-corrected chi connectivity index (χ3v) is 3.93. The Morgan fingerprint density at radius 1 is 1.22 bits per heavy atom. The van der Waals surface area contributed by atoms with Crippen LogP contribution in [0.25, 0.3) is 10.5 Å². The van der Waals surface area contributed by atoms with Crippen molar-refractivity contribution >= 4 is 26.9 Å². The van der Waals surface area contributed by atoms with Crippen LogP contribution in [-0.2, 0) is 0 Å². The van der Waals surface area contributed by atoms with E-state index in [9.17, 15) is 13.2 Å². The highest BCUT2D eigenvalue weighted by Crippen LogP contribution is 2.31. The molecule has 0 saturated heterocycles. The molecule has 0 aliphatic carbocycles. The van der Waals surface area contributed by atoms with Crippen LogP contribution in [0.2, 0.25) is 0 Å². The Balaban J connectivity index is 1.86. The SMILES string of the molecule is C[C@@H](Nc1nc2nccnc2s1)c1ccc(F)cc1OC(F)F. The number of halogens is 3. The van der Waals surface area contributed by atoms with Gasteiger partial charge in [-0.3, -0.25) is 0 Å². The number of nitrogens with zero attached hydrogens (tertiary/aromatic N) is 3. The monoisotopic (exact) mass is 340 g/mol. The first-order valence-electron chi connectivity index (χ1n) is 6.61. The molecule has 0 fully saturated rings. The summed E-state index contributed by atoms with van der Waals surface area (Å²) in [5, 5.41) is 3.59. The molecule has 0 aliphatic rings. The number of benzene rings is 1. The molecule has 1 atom stereocenters. The number of alkyl halides is 2. The summed E-state index contributed by atoms with van der Waals surface area (Å²) in [6.07, 6.45) is 3.09. The third-order valence-electron chi connectivity index (χ3n) is 3.05. The standard InChI is InChI=1S/C14H11F3N4OS/c1-7(9-3-2-8(15)6-10(9)22-13(16)17)20-14-21-11-12(23-14)19-5-4-18-11/h2-7,13H,1H3,(H,18,20,21)/t7-/m1/s1. The fraction of sp³-hybridized carbons (Fsp3) is 0.214. The summed E-state index contributed by atoms with van der Waals surface area (Å²) in [7, 11) is 0. The highest BCUT2D eigenvalue weighted by atomic mass is 32.1. The third kappa shape index (κ3) is 3.50. The summed E-state index contributed by atoms with van der Waals surface area (Å²) < 4.78 is 42.6. The molecule has 9 heteroatoms. The highest BCUT2D eigenvalue weighted by Gasteiger charge is 2.17. The largest absolute Gasteiger partial charge is 0.434 e. The summed E-state index contributed by atoms with van der Waals surface area (Å²) >= 11 is 1.28. The molecule has 2 aromatic heterocycles. The van der Waals surface area contributed by atoms with E-state index in [0.717, 1.165) is 6.07 Å². The Morgan fingerprint density at radius 2 is 2.00 bits per heavy atom. The molecule has 0 bridgehead atoms. The van der Waals surface area contributed by atoms with E-state index in [2.05, 4.69) is 25.0 Å². The average Bonchev–Trinajstić information content (AvgIpc) is 2.88. The Bertz CT molecular complexity index is 794. The van der Waals surface area contributed by atoms with Gasteiger partial charge in [-0.15, -0.1) is 0 Å². The number of anilines is 1. The van der Waals surface area contributed by atoms with Crippen molar-refractivity contribution in [3.8, 4) is 5.75 Å². The summed E-state index contributed by atoms with van der Waals surface area (Å²) in [6.45, 7) is -1.29. The molecule has 5 nitrogen and oxygen atoms in total. The Labute approximate surface area is 133 Å². The maximum Gasteiger partial charge on any atom is 0.387 e. The van der Waals surface area contributed by atoms with Gasteiger partial charge >= 0.3 is 6.61 Å². The summed E-state index contributed by atoms with van der Waals surface area (Å²) in [4.78, 5) is 13.1. The molecule has 1 N–H and O–H groups in total. The van der Waals surface area contributed by atoms with Gasteiger partial charge in [0.15, 0.2) is 15.6 Å². The van der Waals surface area contributed by atoms with Crippen LogP contribution in [0.3, 0.4) is 0 Å². The number of aromatic nitrogens is 3. The van der Waals surface area contributed by atoms with Crippen molar-refractivity contribution in [3.63, 3.8) is 0 Å². The molecule has 0 spiro atoms. The van der Waals surface area contributed by atoms with Crippen LogP contribution in [-0.4, -0.2) is 21.6 Å². The molecule has 0 amide bonds. The number of nitrogens with one attached hydrogen (secondary N) is 1. The molecule has 2 heterocycles. The van der Waals surface area contributed by atoms with Crippen molar-refractivity contribution < 1.29 is 17.9 Å². The first kappa shape index (κ1) is 15.5. The zero-order chi connectivity index (χ0) is 16.4. The Kier molecular flexibility index (Phi) is 4.28. The summed E-state index contributed by atoms with van der Waals surface area (Å²) in [5.74, 6) is -0.859. The van der Waals surface area contributed by atoms with Gasteiger partial charge in [0, 0.05) is 24.0 Å². The van der Waals surface area contributed by atoms with Gasteiger partial charge in [0.05, 0.1) is 6.04 Å². The van der Waals surface area contributed by atoms with Gasteiger partial charge in [-0.25, -0.2) is 14.4 Å². The zero-order valence-corrected chi connectivity index (χ0v) is 12.6. The summed E-state index contributed by atoms with van der Waals surface area (Å²) in [6, 6.07) is 3.09. The van der Waals surface area contributed by atoms with Crippen LogP contribution >= 0.6 is 11.3 Å². The Morgan fingerprint density at radius 3 is 2.74 bits per heavy atom. The minimum atomic E-state index is -3.03. The molecular weight excluding hydrogens is 329 g/mol. The van der Waals surface area contributed by atoms with E-state index >= 15 is 0 Å². The molecular formula is C14H11F3N4OS. The van der Waals surface area contributed by atoms with Gasteiger partial charge in [0.1, 0.15) is 11.6 Å². The number of fused-ring (bicyclic) bond motifs is 1. The van der Waals surface area contributed by atoms with Gasteiger partial charge in [0.2, 0.25) is 0 Å². The van der Waals surface area contributed by atoms with Crippen molar-refractivity contribution in [2.75, 3.05) is 5.32 Å². The van der Waals surface area contributed by atoms with Crippen molar-refractivity contribution in [2.24, 2.45) is 0 Å². The van der Waals surface area contributed by atoms with E-state index in [1.807, 2.05) is 0 Å². The summed E-state index contributed by atoms with van der Waals surface area (Å²) in [5.41, 5.74) is 0.891. The average molecular weight is 340 g/mol. The maximum atomic E-state index is 13.3. The molecule has 0 radical (unpaired) electrons. The normalized spacial score (nSPS) is 12.6. The van der Waals surface area contributed by atoms with Crippen LogP contribution < -0.4 is 10.1 Å². The second-order valence-corrected chi connectivity index (χ2v) is 5.61. The number of ether oxygens (including phenoxy) is 1. The van der Waals surface area contributed by atoms with Crippen LogP contribution in [0.5, 0.6) is 5.75 Å². The van der Waals surface area contributed by atoms with Crippen molar-refractivity contribution in [3.05, 3.63) is 42.0 Å². The first-order chi connectivity index (χ1) is 11.0. The van der Waals surface area contributed by atoms with E-state index in [1.165, 1.54) is 29.7 Å². The molecule has 0 saturated carbocycles. The van der Waals surface area contributed by atoms with Gasteiger partial charge in [-0.1, -0.05) is 17.4 Å². The lowest BCUT2D eigenvalue weighted by Gasteiger charge is -2.17. The van der Waals surface area contributed by atoms with Crippen molar-refractivity contribution in [2.45, 2.75) is 19.6 Å². The van der Waals surface area contributed by atoms with Gasteiger partial charge < -0.3 is 10.1 Å². The highest BCUT2D eigenvalue weighted by molar-refractivity contribution is 7.21. The van der Waals surface area contributed by atoms with Crippen molar-refractivity contribution in [1.82, 2.24) is 15.0 Å². The van der Waals surface area contributed by atoms with Crippen molar-refractivity contribution in [1.29, 1.82) is 0 Å². The quantitative estimate of drug-likeness (QED) is 0.761. The van der Waals surface area contributed by atoms with E-state index < -0.39 is 18.5 Å². The number of rotatable bonds is 5. The van der Waals surface area contributed by atoms with Gasteiger partial charge in [-0.2, -0.15) is 13.8 Å². The molecule has 120 valence electrons. The molecule has 0 unspecified atom stereocenters. The maximum absolute atomic E-state index is 13.3. The lowest BCUT2D eigenvalue weighted by Crippen LogP contribution is -2.11. The minimum absolute atomic E-state index is 0.211. The van der Waals surface area contributed by atoms with Crippen LogP contribution in [0, 0.1) is 5.82 Å². The van der Waals surface area contributed by atoms with Crippen LogP contribution in [0.15, 0.2) is 30.6 Å². The number of hydrogen-bond acceptors (Lipinski definition) is 6. The molecule has 23 heavy (non-hydrogen) atoms. The zero-order valence-electron chi connectivity index (χ0n) is 11.8. The predicted octanol–water partition coefficient (Wildman–Crippen LogP) is 4.00. The number of thiazole rings is 1. The van der Waals surface area contributed by atoms with E-state index in [4.69, 9.17) is 0 Å². The van der Waals surface area contributed by atoms with Crippen LogP contribution in [0.1, 0.15) is 18.5 Å². The van der Waals surface area contributed by atoms with E-state index in [1.54, 1.807) is 13.1 Å². The first-order valence-corrected chi connectivity index (χ1v) is 7.43. The van der Waals surface area contributed by atoms with E-state index in [0.29, 0.717) is 21.2 Å². The fourth-order valence-corrected chi connectivity index (χ4v) is 2.92. The smallest absolute Gasteiger partial charge is 0.387 e. The second kappa shape index (κ2) is 6.37. The predicted molar refractivity (Wildman–Crippen MR) is 80.3 cm³/mol. The fourth-order valence-electron chi connectivity index (χ4n) is 2.07. The lowest BCUT2D eigenvalue weighted by atomic mass is 10.1. The molecule has 0 aliphatic heterocycles. The lowest BCUT2D eigenvalue weighted by molar-refractivity contribution is -0.0506. The van der Waals surface area contributed by atoms with E-state index in [-0.39, 0.29) is 5.75 Å². The second-order valence-electron chi connectivity index (χ2n) is 4.63. The number of hydrogen-bond donors (Lipinski definition) is 1. The minimum Gasteiger partial charge on any atom is -0.434 e. The Hall–Kier alpha value is -2.42. The van der Waals surface area contributed by atoms with Gasteiger partial charge in [0.25, 0.3) is 0 Å².